The lowest BCUT2D eigenvalue weighted by atomic mass is 10.2. The summed E-state index contributed by atoms with van der Waals surface area (Å²) in [6.07, 6.45) is 0.822. The fourth-order valence-electron chi connectivity index (χ4n) is 1.50. The van der Waals surface area contributed by atoms with Crippen molar-refractivity contribution in [3.63, 3.8) is 0 Å². The molecule has 0 radical (unpaired) electrons. The molecule has 5 heteroatoms. The standard InChI is InChI=1S/C13H13Cl2NOS/c14-7-12-9-18-13(16-12)4-5-17-8-10-2-1-3-11(15)6-10/h1-3,6,9H,4-5,7-8H2. The second kappa shape index (κ2) is 7.10. The molecule has 1 heterocycles. The number of thiazole rings is 1. The van der Waals surface area contributed by atoms with E-state index < -0.39 is 0 Å². The topological polar surface area (TPSA) is 22.1 Å². The maximum atomic E-state index is 5.90. The molecule has 0 N–H and O–H groups in total. The zero-order valence-corrected chi connectivity index (χ0v) is 12.1. The summed E-state index contributed by atoms with van der Waals surface area (Å²) in [5.74, 6) is 0.472. The first-order valence-electron chi connectivity index (χ1n) is 5.59. The SMILES string of the molecule is ClCc1csc(CCOCc2cccc(Cl)c2)n1. The van der Waals surface area contributed by atoms with E-state index in [-0.39, 0.29) is 0 Å². The minimum atomic E-state index is 0.472. The van der Waals surface area contributed by atoms with Gasteiger partial charge in [-0.15, -0.1) is 22.9 Å². The summed E-state index contributed by atoms with van der Waals surface area (Å²) < 4.78 is 5.60. The maximum absolute atomic E-state index is 5.90. The van der Waals surface area contributed by atoms with Crippen LogP contribution in [0.4, 0.5) is 0 Å². The van der Waals surface area contributed by atoms with Gasteiger partial charge in [-0.2, -0.15) is 0 Å². The zero-order chi connectivity index (χ0) is 12.8. The van der Waals surface area contributed by atoms with Gasteiger partial charge in [-0.25, -0.2) is 4.98 Å². The Hall–Kier alpha value is -0.610. The molecular formula is C13H13Cl2NOS. The van der Waals surface area contributed by atoms with Crippen molar-refractivity contribution in [3.8, 4) is 0 Å². The van der Waals surface area contributed by atoms with Gasteiger partial charge in [-0.3, -0.25) is 0 Å². The van der Waals surface area contributed by atoms with Crippen LogP contribution in [0, 0.1) is 0 Å². The van der Waals surface area contributed by atoms with Crippen LogP contribution in [0.25, 0.3) is 0 Å². The van der Waals surface area contributed by atoms with E-state index in [2.05, 4.69) is 4.98 Å². The molecule has 96 valence electrons. The van der Waals surface area contributed by atoms with Gasteiger partial charge in [-0.05, 0) is 17.7 Å². The molecule has 0 aliphatic rings. The third kappa shape index (κ3) is 4.25. The van der Waals surface area contributed by atoms with Crippen LogP contribution >= 0.6 is 34.5 Å². The number of rotatable bonds is 6. The highest BCUT2D eigenvalue weighted by molar-refractivity contribution is 7.09. The molecule has 2 nitrogen and oxygen atoms in total. The Morgan fingerprint density at radius 2 is 2.22 bits per heavy atom. The molecule has 0 aliphatic carbocycles. The van der Waals surface area contributed by atoms with Crippen LogP contribution in [0.2, 0.25) is 5.02 Å². The summed E-state index contributed by atoms with van der Waals surface area (Å²) >= 11 is 13.2. The average Bonchev–Trinajstić information content (AvgIpc) is 2.83. The molecule has 0 fully saturated rings. The molecule has 2 aromatic rings. The zero-order valence-electron chi connectivity index (χ0n) is 9.73. The normalized spacial score (nSPS) is 10.8. The highest BCUT2D eigenvalue weighted by Gasteiger charge is 2.01. The molecule has 0 atom stereocenters. The molecule has 1 aromatic carbocycles. The molecular weight excluding hydrogens is 289 g/mol. The maximum Gasteiger partial charge on any atom is 0.0951 e. The smallest absolute Gasteiger partial charge is 0.0951 e. The van der Waals surface area contributed by atoms with Crippen molar-refractivity contribution in [2.75, 3.05) is 6.61 Å². The Bertz CT molecular complexity index is 501. The van der Waals surface area contributed by atoms with E-state index in [4.69, 9.17) is 27.9 Å². The van der Waals surface area contributed by atoms with E-state index in [1.54, 1.807) is 11.3 Å². The van der Waals surface area contributed by atoms with Crippen molar-refractivity contribution in [2.45, 2.75) is 18.9 Å². The predicted octanol–water partition coefficient (Wildman–Crippen LogP) is 4.29. The number of halogens is 2. The number of hydrogen-bond donors (Lipinski definition) is 0. The quantitative estimate of drug-likeness (QED) is 0.586. The highest BCUT2D eigenvalue weighted by atomic mass is 35.5. The first kappa shape index (κ1) is 13.8. The van der Waals surface area contributed by atoms with Crippen molar-refractivity contribution < 1.29 is 4.74 Å². The van der Waals surface area contributed by atoms with E-state index in [0.717, 1.165) is 27.7 Å². The van der Waals surface area contributed by atoms with E-state index in [9.17, 15) is 0 Å². The monoisotopic (exact) mass is 301 g/mol. The minimum absolute atomic E-state index is 0.472. The molecule has 0 saturated heterocycles. The van der Waals surface area contributed by atoms with Gasteiger partial charge < -0.3 is 4.74 Å². The lowest BCUT2D eigenvalue weighted by molar-refractivity contribution is 0.124. The third-order valence-electron chi connectivity index (χ3n) is 2.35. The molecule has 18 heavy (non-hydrogen) atoms. The number of hydrogen-bond acceptors (Lipinski definition) is 3. The van der Waals surface area contributed by atoms with Gasteiger partial charge >= 0.3 is 0 Å². The van der Waals surface area contributed by atoms with Gasteiger partial charge in [-0.1, -0.05) is 23.7 Å². The van der Waals surface area contributed by atoms with Crippen LogP contribution in [0.1, 0.15) is 16.3 Å². The number of ether oxygens (including phenoxy) is 1. The fraction of sp³-hybridized carbons (Fsp3) is 0.308. The van der Waals surface area contributed by atoms with E-state index in [1.165, 1.54) is 0 Å². The Morgan fingerprint density at radius 1 is 1.33 bits per heavy atom. The Balaban J connectivity index is 1.72. The Morgan fingerprint density at radius 3 is 2.94 bits per heavy atom. The summed E-state index contributed by atoms with van der Waals surface area (Å²) in [6, 6.07) is 7.69. The van der Waals surface area contributed by atoms with Crippen molar-refractivity contribution in [1.82, 2.24) is 4.98 Å². The van der Waals surface area contributed by atoms with Crippen LogP contribution in [-0.4, -0.2) is 11.6 Å². The second-order valence-electron chi connectivity index (χ2n) is 3.80. The van der Waals surface area contributed by atoms with Crippen LogP contribution < -0.4 is 0 Å². The Labute approximate surface area is 121 Å². The lowest BCUT2D eigenvalue weighted by Gasteiger charge is -2.03. The second-order valence-corrected chi connectivity index (χ2v) is 5.45. The van der Waals surface area contributed by atoms with Crippen molar-refractivity contribution in [1.29, 1.82) is 0 Å². The minimum Gasteiger partial charge on any atom is -0.376 e. The lowest BCUT2D eigenvalue weighted by Crippen LogP contribution is -1.99. The summed E-state index contributed by atoms with van der Waals surface area (Å²) in [5, 5.41) is 3.79. The molecule has 1 aromatic heterocycles. The first-order chi connectivity index (χ1) is 8.78. The van der Waals surface area contributed by atoms with Gasteiger partial charge in [0.2, 0.25) is 0 Å². The van der Waals surface area contributed by atoms with E-state index in [0.29, 0.717) is 19.1 Å². The van der Waals surface area contributed by atoms with Crippen LogP contribution in [0.15, 0.2) is 29.6 Å². The van der Waals surface area contributed by atoms with E-state index >= 15 is 0 Å². The third-order valence-corrected chi connectivity index (χ3v) is 3.82. The number of alkyl halides is 1. The predicted molar refractivity (Wildman–Crippen MR) is 76.5 cm³/mol. The van der Waals surface area contributed by atoms with Gasteiger partial charge in [0.05, 0.1) is 29.8 Å². The molecule has 0 aliphatic heterocycles. The average molecular weight is 302 g/mol. The number of nitrogens with zero attached hydrogens (tertiary/aromatic N) is 1. The van der Waals surface area contributed by atoms with Gasteiger partial charge in [0.1, 0.15) is 0 Å². The molecule has 0 spiro atoms. The molecule has 0 bridgehead atoms. The van der Waals surface area contributed by atoms with Crippen LogP contribution in [0.3, 0.4) is 0 Å². The molecule has 0 amide bonds. The van der Waals surface area contributed by atoms with Gasteiger partial charge in [0, 0.05) is 16.8 Å². The summed E-state index contributed by atoms with van der Waals surface area (Å²) in [7, 11) is 0. The van der Waals surface area contributed by atoms with E-state index in [1.807, 2.05) is 29.6 Å². The van der Waals surface area contributed by atoms with Crippen molar-refractivity contribution >= 4 is 34.5 Å². The number of benzene rings is 1. The first-order valence-corrected chi connectivity index (χ1v) is 7.38. The van der Waals surface area contributed by atoms with Crippen molar-refractivity contribution in [3.05, 3.63) is 50.9 Å². The summed E-state index contributed by atoms with van der Waals surface area (Å²) in [4.78, 5) is 4.37. The van der Waals surface area contributed by atoms with Crippen molar-refractivity contribution in [2.24, 2.45) is 0 Å². The highest BCUT2D eigenvalue weighted by Crippen LogP contribution is 2.13. The molecule has 0 saturated carbocycles. The summed E-state index contributed by atoms with van der Waals surface area (Å²) in [5.41, 5.74) is 2.02. The fourth-order valence-corrected chi connectivity index (χ4v) is 2.72. The number of aromatic nitrogens is 1. The van der Waals surface area contributed by atoms with Crippen LogP contribution in [0.5, 0.6) is 0 Å². The summed E-state index contributed by atoms with van der Waals surface area (Å²) in [6.45, 7) is 1.23. The molecule has 2 rings (SSSR count). The molecule has 0 unspecified atom stereocenters. The van der Waals surface area contributed by atoms with Gasteiger partial charge in [0.25, 0.3) is 0 Å². The largest absolute Gasteiger partial charge is 0.376 e. The van der Waals surface area contributed by atoms with Crippen LogP contribution in [-0.2, 0) is 23.6 Å². The van der Waals surface area contributed by atoms with Gasteiger partial charge in [0.15, 0.2) is 0 Å². The Kier molecular flexibility index (Phi) is 5.45.